The van der Waals surface area contributed by atoms with Gasteiger partial charge in [0, 0.05) is 18.7 Å². The fourth-order valence-corrected chi connectivity index (χ4v) is 2.97. The molecule has 116 valence electrons. The summed E-state index contributed by atoms with van der Waals surface area (Å²) in [5, 5.41) is 0. The number of likely N-dealkylation sites (tertiary alicyclic amines) is 1. The summed E-state index contributed by atoms with van der Waals surface area (Å²) in [4.78, 5) is 13.9. The van der Waals surface area contributed by atoms with Crippen molar-refractivity contribution in [3.05, 3.63) is 30.1 Å². The molecule has 1 aliphatic rings. The van der Waals surface area contributed by atoms with E-state index in [0.29, 0.717) is 11.3 Å². The van der Waals surface area contributed by atoms with Gasteiger partial charge in [0.05, 0.1) is 11.7 Å². The van der Waals surface area contributed by atoms with E-state index in [-0.39, 0.29) is 24.2 Å². The van der Waals surface area contributed by atoms with Crippen LogP contribution in [0.15, 0.2) is 24.3 Å². The molecule has 0 bridgehead atoms. The first-order valence-corrected chi connectivity index (χ1v) is 7.96. The van der Waals surface area contributed by atoms with Crippen molar-refractivity contribution in [1.29, 1.82) is 0 Å². The van der Waals surface area contributed by atoms with Gasteiger partial charge in [0.15, 0.2) is 6.61 Å². The standard InChI is InChI=1S/C15H16FN3O2S/c16-12-6-4-5-11(9-12)14-15(18-22-17-14)21-10-13(20)19-7-2-1-3-8-19/h4-6,9H,1-3,7-8,10H2. The molecule has 1 aliphatic heterocycles. The minimum atomic E-state index is -0.346. The molecule has 22 heavy (non-hydrogen) atoms. The zero-order valence-electron chi connectivity index (χ0n) is 12.0. The lowest BCUT2D eigenvalue weighted by molar-refractivity contribution is -0.134. The summed E-state index contributed by atoms with van der Waals surface area (Å²) < 4.78 is 27.0. The Hall–Kier alpha value is -2.02. The first-order chi connectivity index (χ1) is 10.7. The summed E-state index contributed by atoms with van der Waals surface area (Å²) in [5.74, 6) is -0.111. The van der Waals surface area contributed by atoms with Crippen LogP contribution in [0.3, 0.4) is 0 Å². The van der Waals surface area contributed by atoms with Crippen LogP contribution in [-0.4, -0.2) is 39.3 Å². The molecule has 0 atom stereocenters. The average Bonchev–Trinajstić information content (AvgIpc) is 3.02. The normalized spacial score (nSPS) is 14.9. The second-order valence-corrected chi connectivity index (χ2v) is 5.69. The molecule has 7 heteroatoms. The van der Waals surface area contributed by atoms with E-state index in [1.54, 1.807) is 12.1 Å². The van der Waals surface area contributed by atoms with E-state index in [9.17, 15) is 9.18 Å². The van der Waals surface area contributed by atoms with Crippen LogP contribution in [0.2, 0.25) is 0 Å². The lowest BCUT2D eigenvalue weighted by Gasteiger charge is -2.26. The number of halogens is 1. The Labute approximate surface area is 132 Å². The Morgan fingerprint density at radius 2 is 2.09 bits per heavy atom. The number of ether oxygens (including phenoxy) is 1. The third-order valence-corrected chi connectivity index (χ3v) is 4.11. The highest BCUT2D eigenvalue weighted by molar-refractivity contribution is 6.99. The molecule has 0 radical (unpaired) electrons. The van der Waals surface area contributed by atoms with Gasteiger partial charge in [-0.05, 0) is 31.4 Å². The highest BCUT2D eigenvalue weighted by Gasteiger charge is 2.19. The number of piperidine rings is 1. The summed E-state index contributed by atoms with van der Waals surface area (Å²) in [5.41, 5.74) is 1.06. The SMILES string of the molecule is O=C(COc1nsnc1-c1cccc(F)c1)N1CCCCC1. The van der Waals surface area contributed by atoms with Crippen molar-refractivity contribution in [3.63, 3.8) is 0 Å². The smallest absolute Gasteiger partial charge is 0.260 e. The molecule has 0 aliphatic carbocycles. The van der Waals surface area contributed by atoms with Crippen LogP contribution >= 0.6 is 11.7 Å². The van der Waals surface area contributed by atoms with Gasteiger partial charge in [0.1, 0.15) is 11.5 Å². The predicted octanol–water partition coefficient (Wildman–Crippen LogP) is 2.74. The molecule has 3 rings (SSSR count). The van der Waals surface area contributed by atoms with Gasteiger partial charge in [-0.2, -0.15) is 4.37 Å². The maximum atomic E-state index is 13.3. The summed E-state index contributed by atoms with van der Waals surface area (Å²) in [6.45, 7) is 1.51. The maximum absolute atomic E-state index is 13.3. The van der Waals surface area contributed by atoms with Crippen LogP contribution in [-0.2, 0) is 4.79 Å². The van der Waals surface area contributed by atoms with E-state index in [4.69, 9.17) is 4.74 Å². The average molecular weight is 321 g/mol. The van der Waals surface area contributed by atoms with Gasteiger partial charge in [0.25, 0.3) is 11.8 Å². The molecule has 1 saturated heterocycles. The van der Waals surface area contributed by atoms with E-state index in [2.05, 4.69) is 8.75 Å². The summed E-state index contributed by atoms with van der Waals surface area (Å²) in [6.07, 6.45) is 3.25. The Kier molecular flexibility index (Phi) is 4.62. The van der Waals surface area contributed by atoms with E-state index in [0.717, 1.165) is 37.7 Å². The van der Waals surface area contributed by atoms with Crippen LogP contribution in [0.4, 0.5) is 4.39 Å². The molecule has 1 amide bonds. The fraction of sp³-hybridized carbons (Fsp3) is 0.400. The van der Waals surface area contributed by atoms with Gasteiger partial charge < -0.3 is 9.64 Å². The Bertz CT molecular complexity index is 656. The number of carbonyl (C=O) groups is 1. The fourth-order valence-electron chi connectivity index (χ4n) is 2.45. The molecule has 0 spiro atoms. The summed E-state index contributed by atoms with van der Waals surface area (Å²) >= 11 is 0.982. The van der Waals surface area contributed by atoms with Gasteiger partial charge >= 0.3 is 0 Å². The highest BCUT2D eigenvalue weighted by Crippen LogP contribution is 2.28. The Morgan fingerprint density at radius 3 is 2.86 bits per heavy atom. The van der Waals surface area contributed by atoms with E-state index in [1.165, 1.54) is 18.6 Å². The molecule has 1 aromatic carbocycles. The number of rotatable bonds is 4. The maximum Gasteiger partial charge on any atom is 0.260 e. The summed E-state index contributed by atoms with van der Waals surface area (Å²) in [7, 11) is 0. The van der Waals surface area contributed by atoms with Crippen molar-refractivity contribution in [1.82, 2.24) is 13.6 Å². The first kappa shape index (κ1) is 14.9. The summed E-state index contributed by atoms with van der Waals surface area (Å²) in [6, 6.07) is 6.07. The minimum Gasteiger partial charge on any atom is -0.465 e. The van der Waals surface area contributed by atoms with E-state index < -0.39 is 0 Å². The number of benzene rings is 1. The minimum absolute atomic E-state index is 0.0436. The van der Waals surface area contributed by atoms with E-state index >= 15 is 0 Å². The van der Waals surface area contributed by atoms with Gasteiger partial charge in [-0.25, -0.2) is 4.39 Å². The van der Waals surface area contributed by atoms with Crippen LogP contribution in [0, 0.1) is 5.82 Å². The predicted molar refractivity (Wildman–Crippen MR) is 81.2 cm³/mol. The highest BCUT2D eigenvalue weighted by atomic mass is 32.1. The molecule has 0 unspecified atom stereocenters. The molecule has 0 N–H and O–H groups in total. The second kappa shape index (κ2) is 6.83. The van der Waals surface area contributed by atoms with Crippen LogP contribution in [0.1, 0.15) is 19.3 Å². The van der Waals surface area contributed by atoms with Crippen molar-refractivity contribution < 1.29 is 13.9 Å². The van der Waals surface area contributed by atoms with Gasteiger partial charge in [0.2, 0.25) is 0 Å². The zero-order chi connectivity index (χ0) is 15.4. The third-order valence-electron chi connectivity index (χ3n) is 3.60. The molecule has 0 saturated carbocycles. The van der Waals surface area contributed by atoms with Crippen LogP contribution < -0.4 is 4.74 Å². The largest absolute Gasteiger partial charge is 0.465 e. The number of hydrogen-bond acceptors (Lipinski definition) is 5. The number of amides is 1. The quantitative estimate of drug-likeness (QED) is 0.869. The molecule has 5 nitrogen and oxygen atoms in total. The van der Waals surface area contributed by atoms with Crippen LogP contribution in [0.5, 0.6) is 5.88 Å². The molecule has 2 heterocycles. The number of aromatic nitrogens is 2. The zero-order valence-corrected chi connectivity index (χ0v) is 12.8. The first-order valence-electron chi connectivity index (χ1n) is 7.23. The molecular weight excluding hydrogens is 305 g/mol. The lowest BCUT2D eigenvalue weighted by atomic mass is 10.1. The number of nitrogens with zero attached hydrogens (tertiary/aromatic N) is 3. The second-order valence-electron chi connectivity index (χ2n) is 5.16. The van der Waals surface area contributed by atoms with Crippen molar-refractivity contribution in [2.24, 2.45) is 0 Å². The van der Waals surface area contributed by atoms with Crippen molar-refractivity contribution in [3.8, 4) is 17.1 Å². The molecule has 1 fully saturated rings. The van der Waals surface area contributed by atoms with E-state index in [1.807, 2.05) is 4.90 Å². The molecular formula is C15H16FN3O2S. The third kappa shape index (κ3) is 3.41. The number of hydrogen-bond donors (Lipinski definition) is 0. The molecule has 1 aromatic heterocycles. The van der Waals surface area contributed by atoms with Crippen LogP contribution in [0.25, 0.3) is 11.3 Å². The van der Waals surface area contributed by atoms with Crippen molar-refractivity contribution in [2.75, 3.05) is 19.7 Å². The monoisotopic (exact) mass is 321 g/mol. The van der Waals surface area contributed by atoms with Crippen molar-refractivity contribution >= 4 is 17.6 Å². The Morgan fingerprint density at radius 1 is 1.27 bits per heavy atom. The topological polar surface area (TPSA) is 55.3 Å². The lowest BCUT2D eigenvalue weighted by Crippen LogP contribution is -2.38. The number of carbonyl (C=O) groups excluding carboxylic acids is 1. The van der Waals surface area contributed by atoms with Gasteiger partial charge in [-0.3, -0.25) is 4.79 Å². The van der Waals surface area contributed by atoms with Gasteiger partial charge in [-0.15, -0.1) is 4.37 Å². The molecule has 2 aromatic rings. The van der Waals surface area contributed by atoms with Gasteiger partial charge in [-0.1, -0.05) is 12.1 Å². The Balaban J connectivity index is 1.66. The van der Waals surface area contributed by atoms with Crippen molar-refractivity contribution in [2.45, 2.75) is 19.3 Å².